The Morgan fingerprint density at radius 1 is 1.04 bits per heavy atom. The first-order valence-electron chi connectivity index (χ1n) is 6.94. The number of anilines is 1. The first-order chi connectivity index (χ1) is 10.9. The van der Waals surface area contributed by atoms with Crippen molar-refractivity contribution in [1.29, 1.82) is 0 Å². The lowest BCUT2D eigenvalue weighted by molar-refractivity contribution is -0.274. The molecule has 0 amide bonds. The number of ether oxygens (including phenoxy) is 2. The van der Waals surface area contributed by atoms with Gasteiger partial charge in [-0.25, -0.2) is 0 Å². The molecule has 1 fully saturated rings. The van der Waals surface area contributed by atoms with Crippen molar-refractivity contribution >= 4 is 17.4 Å². The van der Waals surface area contributed by atoms with E-state index in [-0.39, 0.29) is 11.4 Å². The fourth-order valence-electron chi connectivity index (χ4n) is 2.05. The molecule has 0 aliphatic heterocycles. The topological polar surface area (TPSA) is 44.5 Å². The highest BCUT2D eigenvalue weighted by molar-refractivity contribution is 8.00. The number of benzene rings is 2. The molecule has 1 aliphatic rings. The summed E-state index contributed by atoms with van der Waals surface area (Å²) in [7, 11) is 0. The second-order valence-corrected chi connectivity index (χ2v) is 6.59. The molecule has 0 heterocycles. The Labute approximate surface area is 135 Å². The summed E-state index contributed by atoms with van der Waals surface area (Å²) in [4.78, 5) is 0.669. The predicted molar refractivity (Wildman–Crippen MR) is 82.4 cm³/mol. The van der Waals surface area contributed by atoms with Crippen LogP contribution >= 0.6 is 11.8 Å². The molecule has 0 unspecified atom stereocenters. The molecule has 0 spiro atoms. The summed E-state index contributed by atoms with van der Waals surface area (Å²) < 4.78 is 46.4. The summed E-state index contributed by atoms with van der Waals surface area (Å²) in [5.41, 5.74) is 5.90. The van der Waals surface area contributed by atoms with Crippen molar-refractivity contribution in [2.24, 2.45) is 0 Å². The normalized spacial score (nSPS) is 16.0. The van der Waals surface area contributed by atoms with Gasteiger partial charge in [-0.15, -0.1) is 13.2 Å². The second kappa shape index (κ2) is 5.88. The minimum absolute atomic E-state index is 0.117. The van der Waals surface area contributed by atoms with Crippen molar-refractivity contribution < 1.29 is 22.6 Å². The van der Waals surface area contributed by atoms with E-state index in [2.05, 4.69) is 4.74 Å². The third kappa shape index (κ3) is 4.25. The number of nitrogens with two attached hydrogens (primary N) is 1. The van der Waals surface area contributed by atoms with Gasteiger partial charge in [0.15, 0.2) is 4.93 Å². The van der Waals surface area contributed by atoms with Gasteiger partial charge in [-0.3, -0.25) is 0 Å². The Morgan fingerprint density at radius 2 is 1.74 bits per heavy atom. The third-order valence-electron chi connectivity index (χ3n) is 3.22. The minimum Gasteiger partial charge on any atom is -0.474 e. The molecule has 1 aliphatic carbocycles. The highest BCUT2D eigenvalue weighted by Gasteiger charge is 2.47. The number of hydrogen-bond acceptors (Lipinski definition) is 4. The highest BCUT2D eigenvalue weighted by atomic mass is 32.2. The molecule has 7 heteroatoms. The molecule has 0 atom stereocenters. The number of nitrogen functional groups attached to an aromatic ring is 1. The average molecular weight is 341 g/mol. The third-order valence-corrected chi connectivity index (χ3v) is 4.59. The van der Waals surface area contributed by atoms with Crippen molar-refractivity contribution in [2.45, 2.75) is 29.0 Å². The van der Waals surface area contributed by atoms with E-state index in [0.717, 1.165) is 23.8 Å². The monoisotopic (exact) mass is 341 g/mol. The largest absolute Gasteiger partial charge is 0.573 e. The van der Waals surface area contributed by atoms with Gasteiger partial charge in [0.05, 0.1) is 5.69 Å². The molecule has 3 nitrogen and oxygen atoms in total. The molecule has 2 N–H and O–H groups in total. The summed E-state index contributed by atoms with van der Waals surface area (Å²) in [5.74, 6) is 0.00312. The van der Waals surface area contributed by atoms with E-state index in [1.54, 1.807) is 11.8 Å². The van der Waals surface area contributed by atoms with E-state index < -0.39 is 11.3 Å². The van der Waals surface area contributed by atoms with Crippen molar-refractivity contribution in [2.75, 3.05) is 5.73 Å². The smallest absolute Gasteiger partial charge is 0.474 e. The van der Waals surface area contributed by atoms with Crippen molar-refractivity contribution in [3.05, 3.63) is 48.5 Å². The van der Waals surface area contributed by atoms with Crippen LogP contribution in [-0.2, 0) is 0 Å². The van der Waals surface area contributed by atoms with Crippen LogP contribution < -0.4 is 15.2 Å². The molecule has 0 saturated heterocycles. The molecule has 3 rings (SSSR count). The second-order valence-electron chi connectivity index (χ2n) is 5.18. The zero-order chi connectivity index (χ0) is 16.5. The minimum atomic E-state index is -4.74. The van der Waals surface area contributed by atoms with E-state index in [1.165, 1.54) is 12.1 Å². The van der Waals surface area contributed by atoms with Crippen LogP contribution in [0, 0.1) is 0 Å². The van der Waals surface area contributed by atoms with Gasteiger partial charge in [0.25, 0.3) is 0 Å². The number of thioether (sulfide) groups is 1. The molecule has 23 heavy (non-hydrogen) atoms. The van der Waals surface area contributed by atoms with Gasteiger partial charge in [-0.1, -0.05) is 30.0 Å². The van der Waals surface area contributed by atoms with Crippen LogP contribution in [0.5, 0.6) is 11.5 Å². The molecule has 0 aromatic heterocycles. The van der Waals surface area contributed by atoms with Crippen LogP contribution in [0.2, 0.25) is 0 Å². The van der Waals surface area contributed by atoms with Gasteiger partial charge in [-0.2, -0.15) is 0 Å². The fraction of sp³-hybridized carbons (Fsp3) is 0.250. The van der Waals surface area contributed by atoms with Crippen LogP contribution in [-0.4, -0.2) is 11.3 Å². The van der Waals surface area contributed by atoms with E-state index in [9.17, 15) is 13.2 Å². The van der Waals surface area contributed by atoms with E-state index in [4.69, 9.17) is 10.5 Å². The van der Waals surface area contributed by atoms with Gasteiger partial charge in [0.2, 0.25) is 0 Å². The number of hydrogen-bond donors (Lipinski definition) is 1. The number of rotatable bonds is 5. The van der Waals surface area contributed by atoms with E-state index in [0.29, 0.717) is 5.75 Å². The van der Waals surface area contributed by atoms with Crippen LogP contribution in [0.4, 0.5) is 18.9 Å². The van der Waals surface area contributed by atoms with Gasteiger partial charge >= 0.3 is 6.36 Å². The van der Waals surface area contributed by atoms with Gasteiger partial charge in [-0.05, 0) is 24.3 Å². The van der Waals surface area contributed by atoms with Crippen molar-refractivity contribution in [3.63, 3.8) is 0 Å². The van der Waals surface area contributed by atoms with Crippen LogP contribution in [0.15, 0.2) is 53.4 Å². The zero-order valence-corrected chi connectivity index (χ0v) is 12.8. The Kier molecular flexibility index (Phi) is 4.06. The predicted octanol–water partition coefficient (Wildman–Crippen LogP) is 4.83. The average Bonchev–Trinajstić information content (AvgIpc) is 3.21. The Bertz CT molecular complexity index is 687. The molecule has 1 saturated carbocycles. The first-order valence-corrected chi connectivity index (χ1v) is 7.75. The molecule has 0 bridgehead atoms. The number of alkyl halides is 3. The Morgan fingerprint density at radius 3 is 2.30 bits per heavy atom. The lowest BCUT2D eigenvalue weighted by Crippen LogP contribution is -2.17. The van der Waals surface area contributed by atoms with E-state index >= 15 is 0 Å². The fourth-order valence-corrected chi connectivity index (χ4v) is 3.21. The van der Waals surface area contributed by atoms with Crippen molar-refractivity contribution in [3.8, 4) is 11.5 Å². The zero-order valence-electron chi connectivity index (χ0n) is 12.0. The van der Waals surface area contributed by atoms with Crippen molar-refractivity contribution in [1.82, 2.24) is 0 Å². The lowest BCUT2D eigenvalue weighted by atomic mass is 10.3. The summed E-state index contributed by atoms with van der Waals surface area (Å²) in [6.45, 7) is 0. The first kappa shape index (κ1) is 15.9. The van der Waals surface area contributed by atoms with Gasteiger partial charge in [0.1, 0.15) is 11.5 Å². The SMILES string of the molecule is Nc1cc(OC(F)(F)F)ccc1OC1(Sc2ccccc2)CC1. The molecule has 122 valence electrons. The van der Waals surface area contributed by atoms with Crippen LogP contribution in [0.3, 0.4) is 0 Å². The van der Waals surface area contributed by atoms with Gasteiger partial charge in [0, 0.05) is 23.8 Å². The molecular weight excluding hydrogens is 327 g/mol. The van der Waals surface area contributed by atoms with Gasteiger partial charge < -0.3 is 15.2 Å². The Balaban J connectivity index is 1.70. The highest BCUT2D eigenvalue weighted by Crippen LogP contribution is 2.53. The Hall–Kier alpha value is -2.02. The maximum Gasteiger partial charge on any atom is 0.573 e. The summed E-state index contributed by atoms with van der Waals surface area (Å²) in [6, 6.07) is 13.5. The standard InChI is InChI=1S/C16H14F3NO2S/c17-16(18,19)21-11-6-7-14(13(20)10-11)22-15(8-9-15)23-12-4-2-1-3-5-12/h1-7,10H,8-9,20H2. The maximum atomic E-state index is 12.2. The number of halogens is 3. The van der Waals surface area contributed by atoms with E-state index in [1.807, 2.05) is 30.3 Å². The lowest BCUT2D eigenvalue weighted by Gasteiger charge is -2.19. The quantitative estimate of drug-likeness (QED) is 0.625. The van der Waals surface area contributed by atoms with Crippen LogP contribution in [0.1, 0.15) is 12.8 Å². The summed E-state index contributed by atoms with van der Waals surface area (Å²) >= 11 is 1.59. The molecule has 0 radical (unpaired) electrons. The van der Waals surface area contributed by atoms with Crippen LogP contribution in [0.25, 0.3) is 0 Å². The molecule has 2 aromatic rings. The maximum absolute atomic E-state index is 12.2. The summed E-state index contributed by atoms with van der Waals surface area (Å²) in [6.07, 6.45) is -3.03. The molecular formula is C16H14F3NO2S. The summed E-state index contributed by atoms with van der Waals surface area (Å²) in [5, 5.41) is 0. The molecule has 2 aromatic carbocycles.